The summed E-state index contributed by atoms with van der Waals surface area (Å²) >= 11 is 8.16. The molecule has 0 saturated heterocycles. The number of esters is 1. The monoisotopic (exact) mass is 484 g/mol. The van der Waals surface area contributed by atoms with Crippen molar-refractivity contribution in [1.82, 2.24) is 5.01 Å². The number of carbonyl (C=O) groups is 2. The van der Waals surface area contributed by atoms with Crippen LogP contribution in [0.4, 0.5) is 0 Å². The van der Waals surface area contributed by atoms with E-state index in [0.29, 0.717) is 21.9 Å². The highest BCUT2D eigenvalue weighted by atomic mass is 127. The Morgan fingerprint density at radius 1 is 1.23 bits per heavy atom. The van der Waals surface area contributed by atoms with Crippen molar-refractivity contribution in [3.8, 4) is 5.75 Å². The lowest BCUT2D eigenvalue weighted by atomic mass is 10.1. The molecule has 2 aromatic carbocycles. The topological polar surface area (TPSA) is 68.2 Å². The first kappa shape index (κ1) is 18.7. The van der Waals surface area contributed by atoms with Gasteiger partial charge >= 0.3 is 5.97 Å². The molecule has 1 aliphatic heterocycles. The molecule has 1 atom stereocenters. The third kappa shape index (κ3) is 3.99. The fraction of sp³-hybridized carbons (Fsp3) is 0.167. The van der Waals surface area contributed by atoms with Gasteiger partial charge in [-0.25, -0.2) is 0 Å². The number of amides is 1. The summed E-state index contributed by atoms with van der Waals surface area (Å²) < 4.78 is 12.1. The third-order valence-corrected chi connectivity index (χ3v) is 4.44. The normalized spacial score (nSPS) is 16.1. The smallest absolute Gasteiger partial charge is 0.308 e. The molecule has 1 heterocycles. The molecule has 0 saturated carbocycles. The quantitative estimate of drug-likeness (QED) is 0.374. The van der Waals surface area contributed by atoms with Crippen molar-refractivity contribution in [3.63, 3.8) is 0 Å². The fourth-order valence-electron chi connectivity index (χ4n) is 2.47. The van der Waals surface area contributed by atoms with Crippen molar-refractivity contribution in [1.29, 1.82) is 0 Å². The number of ether oxygens (including phenoxy) is 2. The van der Waals surface area contributed by atoms with E-state index in [4.69, 9.17) is 21.1 Å². The highest BCUT2D eigenvalue weighted by molar-refractivity contribution is 14.1. The van der Waals surface area contributed by atoms with Crippen LogP contribution in [-0.2, 0) is 14.3 Å². The maximum Gasteiger partial charge on any atom is 0.308 e. The molecular weight excluding hydrogens is 471 g/mol. The molecule has 0 fully saturated rings. The van der Waals surface area contributed by atoms with E-state index in [1.165, 1.54) is 18.9 Å². The molecule has 8 heteroatoms. The van der Waals surface area contributed by atoms with Gasteiger partial charge in [0.05, 0.1) is 5.56 Å². The summed E-state index contributed by atoms with van der Waals surface area (Å²) in [4.78, 5) is 23.5. The molecule has 2 aromatic rings. The van der Waals surface area contributed by atoms with Crippen molar-refractivity contribution in [2.75, 3.05) is 0 Å². The summed E-state index contributed by atoms with van der Waals surface area (Å²) in [6.07, 6.45) is -0.842. The summed E-state index contributed by atoms with van der Waals surface area (Å²) in [6.45, 7) is 2.70. The van der Waals surface area contributed by atoms with Gasteiger partial charge in [-0.15, -0.1) is 5.10 Å². The van der Waals surface area contributed by atoms with Gasteiger partial charge in [-0.2, -0.15) is 5.01 Å². The second kappa shape index (κ2) is 7.63. The second-order valence-corrected chi connectivity index (χ2v) is 7.21. The minimum absolute atomic E-state index is 0.264. The standard InChI is InChI=1S/C18H14ClIN2O4/c1-10(23)22-18(15-9-14(20)6-7-16(15)25-11(2)24)26-17(21-22)12-4-3-5-13(19)8-12/h3-9,18H,1-2H3/t18-/m1/s1. The van der Waals surface area contributed by atoms with Crippen LogP contribution < -0.4 is 4.74 Å². The summed E-state index contributed by atoms with van der Waals surface area (Å²) in [5.41, 5.74) is 1.17. The van der Waals surface area contributed by atoms with Crippen molar-refractivity contribution in [2.45, 2.75) is 20.1 Å². The first-order valence-corrected chi connectivity index (χ1v) is 9.09. The Balaban J connectivity index is 2.02. The van der Waals surface area contributed by atoms with Gasteiger partial charge in [0.25, 0.3) is 0 Å². The van der Waals surface area contributed by atoms with E-state index in [1.54, 1.807) is 42.5 Å². The van der Waals surface area contributed by atoms with E-state index >= 15 is 0 Å². The van der Waals surface area contributed by atoms with E-state index < -0.39 is 12.2 Å². The number of hydrazone groups is 1. The van der Waals surface area contributed by atoms with Crippen LogP contribution in [-0.4, -0.2) is 22.8 Å². The number of hydrogen-bond acceptors (Lipinski definition) is 5. The lowest BCUT2D eigenvalue weighted by molar-refractivity contribution is -0.135. The minimum atomic E-state index is -0.842. The molecule has 3 rings (SSSR count). The Morgan fingerprint density at radius 3 is 2.65 bits per heavy atom. The SMILES string of the molecule is CC(=O)Oc1ccc(I)cc1[C@H]1OC(c2cccc(Cl)c2)=NN1C(C)=O. The Hall–Kier alpha value is -2.13. The van der Waals surface area contributed by atoms with Crippen molar-refractivity contribution in [3.05, 3.63) is 62.2 Å². The first-order valence-electron chi connectivity index (χ1n) is 7.64. The van der Waals surface area contributed by atoms with Crippen LogP contribution >= 0.6 is 34.2 Å². The Morgan fingerprint density at radius 2 is 2.00 bits per heavy atom. The molecule has 0 N–H and O–H groups in total. The summed E-state index contributed by atoms with van der Waals surface area (Å²) in [7, 11) is 0. The van der Waals surface area contributed by atoms with Crippen molar-refractivity contribution < 1.29 is 19.1 Å². The average molecular weight is 485 g/mol. The highest BCUT2D eigenvalue weighted by Crippen LogP contribution is 2.36. The van der Waals surface area contributed by atoms with Crippen LogP contribution in [0.2, 0.25) is 5.02 Å². The van der Waals surface area contributed by atoms with Gasteiger partial charge in [0.1, 0.15) is 5.75 Å². The first-order chi connectivity index (χ1) is 12.3. The maximum atomic E-state index is 12.1. The van der Waals surface area contributed by atoms with Gasteiger partial charge < -0.3 is 9.47 Å². The van der Waals surface area contributed by atoms with Crippen LogP contribution in [0.5, 0.6) is 5.75 Å². The Bertz CT molecular complexity index is 916. The molecule has 1 aliphatic rings. The highest BCUT2D eigenvalue weighted by Gasteiger charge is 2.35. The van der Waals surface area contributed by atoms with Crippen LogP contribution in [0.1, 0.15) is 31.2 Å². The van der Waals surface area contributed by atoms with Gasteiger partial charge in [0.2, 0.25) is 18.0 Å². The molecule has 0 spiro atoms. The molecular formula is C18H14ClIN2O4. The van der Waals surface area contributed by atoms with Crippen molar-refractivity contribution >= 4 is 52.0 Å². The number of halogens is 2. The molecule has 134 valence electrons. The predicted octanol–water partition coefficient (Wildman–Crippen LogP) is 4.11. The van der Waals surface area contributed by atoms with E-state index in [2.05, 4.69) is 27.7 Å². The molecule has 26 heavy (non-hydrogen) atoms. The molecule has 6 nitrogen and oxygen atoms in total. The van der Waals surface area contributed by atoms with Crippen molar-refractivity contribution in [2.24, 2.45) is 5.10 Å². The zero-order chi connectivity index (χ0) is 18.8. The lowest BCUT2D eigenvalue weighted by Gasteiger charge is -2.21. The van der Waals surface area contributed by atoms with Gasteiger partial charge in [-0.1, -0.05) is 17.7 Å². The Kier molecular flexibility index (Phi) is 5.47. The number of carbonyl (C=O) groups excluding carboxylic acids is 2. The molecule has 0 aliphatic carbocycles. The maximum absolute atomic E-state index is 12.1. The van der Waals surface area contributed by atoms with Crippen LogP contribution in [0.3, 0.4) is 0 Å². The zero-order valence-corrected chi connectivity index (χ0v) is 16.8. The molecule has 0 radical (unpaired) electrons. The number of hydrogen-bond donors (Lipinski definition) is 0. The number of nitrogens with zero attached hydrogens (tertiary/aromatic N) is 2. The Labute approximate surface area is 168 Å². The van der Waals surface area contributed by atoms with Gasteiger partial charge in [0, 0.05) is 28.0 Å². The van der Waals surface area contributed by atoms with E-state index in [1.807, 2.05) is 0 Å². The summed E-state index contributed by atoms with van der Waals surface area (Å²) in [5.74, 6) is -0.187. The molecule has 1 amide bonds. The van der Waals surface area contributed by atoms with Crippen LogP contribution in [0.15, 0.2) is 47.6 Å². The molecule has 0 unspecified atom stereocenters. The van der Waals surface area contributed by atoms with E-state index in [0.717, 1.165) is 3.57 Å². The zero-order valence-electron chi connectivity index (χ0n) is 13.9. The van der Waals surface area contributed by atoms with Crippen LogP contribution in [0, 0.1) is 3.57 Å². The van der Waals surface area contributed by atoms with Gasteiger partial charge in [-0.05, 0) is 59.0 Å². The summed E-state index contributed by atoms with van der Waals surface area (Å²) in [5, 5.41) is 6.03. The summed E-state index contributed by atoms with van der Waals surface area (Å²) in [6, 6.07) is 12.2. The largest absolute Gasteiger partial charge is 0.446 e. The van der Waals surface area contributed by atoms with Crippen LogP contribution in [0.25, 0.3) is 0 Å². The predicted molar refractivity (Wildman–Crippen MR) is 105 cm³/mol. The van der Waals surface area contributed by atoms with E-state index in [-0.39, 0.29) is 11.8 Å². The third-order valence-electron chi connectivity index (χ3n) is 3.53. The molecule has 0 aromatic heterocycles. The lowest BCUT2D eigenvalue weighted by Crippen LogP contribution is -2.26. The van der Waals surface area contributed by atoms with E-state index in [9.17, 15) is 9.59 Å². The van der Waals surface area contributed by atoms with Gasteiger partial charge in [0.15, 0.2) is 0 Å². The number of rotatable bonds is 3. The second-order valence-electron chi connectivity index (χ2n) is 5.53. The number of benzene rings is 2. The van der Waals surface area contributed by atoms with Gasteiger partial charge in [-0.3, -0.25) is 9.59 Å². The minimum Gasteiger partial charge on any atom is -0.446 e. The fourth-order valence-corrected chi connectivity index (χ4v) is 3.17. The molecule has 0 bridgehead atoms. The average Bonchev–Trinajstić information content (AvgIpc) is 3.01.